The van der Waals surface area contributed by atoms with Gasteiger partial charge in [0.15, 0.2) is 0 Å². The number of nitrogens with two attached hydrogens (primary N) is 1. The topological polar surface area (TPSA) is 42.2 Å². The van der Waals surface area contributed by atoms with E-state index in [4.69, 9.17) is 5.73 Å². The number of nitrogens with zero attached hydrogens (tertiary/aromatic N) is 2. The molecule has 3 nitrogen and oxygen atoms in total. The van der Waals surface area contributed by atoms with Crippen LogP contribution < -0.4 is 5.73 Å². The molecule has 3 heteroatoms. The van der Waals surface area contributed by atoms with Gasteiger partial charge in [-0.15, -0.1) is 0 Å². The summed E-state index contributed by atoms with van der Waals surface area (Å²) in [7, 11) is 2.16. The number of unbranched alkanes of at least 4 members (excludes halogenated alkanes) is 1. The van der Waals surface area contributed by atoms with Gasteiger partial charge in [0.05, 0.1) is 6.04 Å². The van der Waals surface area contributed by atoms with E-state index in [9.17, 15) is 0 Å². The first kappa shape index (κ1) is 14.1. The second kappa shape index (κ2) is 7.41. The lowest BCUT2D eigenvalue weighted by Crippen LogP contribution is -2.39. The summed E-state index contributed by atoms with van der Waals surface area (Å²) >= 11 is 0. The van der Waals surface area contributed by atoms with Crippen LogP contribution in [0.4, 0.5) is 0 Å². The van der Waals surface area contributed by atoms with E-state index in [1.54, 1.807) is 0 Å². The number of hydrogen-bond acceptors (Lipinski definition) is 3. The van der Waals surface area contributed by atoms with Gasteiger partial charge in [-0.2, -0.15) is 0 Å². The van der Waals surface area contributed by atoms with Crippen molar-refractivity contribution in [2.24, 2.45) is 5.73 Å². The Hall–Kier alpha value is -0.930. The lowest BCUT2D eigenvalue weighted by Gasteiger charge is -2.32. The van der Waals surface area contributed by atoms with Crippen LogP contribution >= 0.6 is 0 Å². The smallest absolute Gasteiger partial charge is 0.0511 e. The maximum absolute atomic E-state index is 6.25. The maximum atomic E-state index is 6.25. The van der Waals surface area contributed by atoms with E-state index < -0.39 is 0 Å². The van der Waals surface area contributed by atoms with Crippen LogP contribution in [0.15, 0.2) is 24.5 Å². The number of rotatable bonds is 7. The van der Waals surface area contributed by atoms with E-state index in [-0.39, 0.29) is 12.1 Å². The van der Waals surface area contributed by atoms with Crippen molar-refractivity contribution in [3.8, 4) is 0 Å². The maximum Gasteiger partial charge on any atom is 0.0511 e. The van der Waals surface area contributed by atoms with Gasteiger partial charge in [0.25, 0.3) is 0 Å². The second-order valence-corrected chi connectivity index (χ2v) is 4.64. The summed E-state index contributed by atoms with van der Waals surface area (Å²) in [5.74, 6) is 0. The molecule has 0 amide bonds. The Labute approximate surface area is 105 Å². The molecule has 1 aromatic rings. The molecular weight excluding hydrogens is 210 g/mol. The van der Waals surface area contributed by atoms with Crippen LogP contribution in [0.2, 0.25) is 0 Å². The van der Waals surface area contributed by atoms with Gasteiger partial charge in [0, 0.05) is 18.4 Å². The minimum atomic E-state index is 0.168. The lowest BCUT2D eigenvalue weighted by molar-refractivity contribution is 0.206. The van der Waals surface area contributed by atoms with Crippen molar-refractivity contribution in [3.63, 3.8) is 0 Å². The van der Waals surface area contributed by atoms with Crippen LogP contribution in [0.3, 0.4) is 0 Å². The van der Waals surface area contributed by atoms with Crippen LogP contribution in [0.1, 0.15) is 44.7 Å². The molecule has 0 fully saturated rings. The molecule has 1 heterocycles. The summed E-state index contributed by atoms with van der Waals surface area (Å²) in [5, 5.41) is 0. The number of pyridine rings is 1. The standard InChI is InChI=1S/C14H25N3/c1-4-6-10-17(3)14(13(15)5-2)12-8-7-9-16-11-12/h7-9,11,13-14H,4-6,10,15H2,1-3H3. The molecular formula is C14H25N3. The average Bonchev–Trinajstić information content (AvgIpc) is 2.37. The molecule has 0 saturated heterocycles. The van der Waals surface area contributed by atoms with Gasteiger partial charge in [-0.05, 0) is 38.1 Å². The third-order valence-electron chi connectivity index (χ3n) is 3.24. The van der Waals surface area contributed by atoms with E-state index in [1.807, 2.05) is 18.5 Å². The van der Waals surface area contributed by atoms with Gasteiger partial charge in [-0.3, -0.25) is 9.88 Å². The van der Waals surface area contributed by atoms with Gasteiger partial charge >= 0.3 is 0 Å². The van der Waals surface area contributed by atoms with E-state index in [0.717, 1.165) is 13.0 Å². The zero-order chi connectivity index (χ0) is 12.7. The molecule has 0 bridgehead atoms. The van der Waals surface area contributed by atoms with E-state index in [1.165, 1.54) is 18.4 Å². The first-order valence-corrected chi connectivity index (χ1v) is 6.56. The third kappa shape index (κ3) is 4.10. The summed E-state index contributed by atoms with van der Waals surface area (Å²) in [6, 6.07) is 4.55. The Bertz CT molecular complexity index is 300. The molecule has 0 radical (unpaired) electrons. The molecule has 2 unspecified atom stereocenters. The van der Waals surface area contributed by atoms with Gasteiger partial charge in [-0.1, -0.05) is 26.3 Å². The zero-order valence-corrected chi connectivity index (χ0v) is 11.3. The highest BCUT2D eigenvalue weighted by Crippen LogP contribution is 2.23. The van der Waals surface area contributed by atoms with Crippen molar-refractivity contribution in [1.82, 2.24) is 9.88 Å². The SMILES string of the molecule is CCCCN(C)C(c1cccnc1)C(N)CC. The summed E-state index contributed by atoms with van der Waals surface area (Å²) in [5.41, 5.74) is 7.48. The Kier molecular flexibility index (Phi) is 6.16. The van der Waals surface area contributed by atoms with Crippen LogP contribution in [-0.4, -0.2) is 29.5 Å². The second-order valence-electron chi connectivity index (χ2n) is 4.64. The fourth-order valence-corrected chi connectivity index (χ4v) is 2.15. The van der Waals surface area contributed by atoms with Gasteiger partial charge < -0.3 is 5.73 Å². The van der Waals surface area contributed by atoms with E-state index in [2.05, 4.69) is 36.8 Å². The molecule has 1 rings (SSSR count). The Morgan fingerprint density at radius 3 is 2.71 bits per heavy atom. The average molecular weight is 235 g/mol. The molecule has 2 N–H and O–H groups in total. The predicted molar refractivity (Wildman–Crippen MR) is 72.8 cm³/mol. The Balaban J connectivity index is 2.80. The number of hydrogen-bond donors (Lipinski definition) is 1. The van der Waals surface area contributed by atoms with Crippen molar-refractivity contribution in [1.29, 1.82) is 0 Å². The highest BCUT2D eigenvalue weighted by atomic mass is 15.1. The van der Waals surface area contributed by atoms with Crippen molar-refractivity contribution < 1.29 is 0 Å². The first-order chi connectivity index (χ1) is 8.20. The highest BCUT2D eigenvalue weighted by Gasteiger charge is 2.22. The number of aromatic nitrogens is 1. The summed E-state index contributed by atoms with van der Waals surface area (Å²) in [6.45, 7) is 5.44. The van der Waals surface area contributed by atoms with Crippen LogP contribution in [0.5, 0.6) is 0 Å². The molecule has 0 aliphatic carbocycles. The molecule has 96 valence electrons. The molecule has 0 aromatic carbocycles. The predicted octanol–water partition coefficient (Wildman–Crippen LogP) is 2.59. The highest BCUT2D eigenvalue weighted by molar-refractivity contribution is 5.16. The Morgan fingerprint density at radius 1 is 1.41 bits per heavy atom. The van der Waals surface area contributed by atoms with Gasteiger partial charge in [0.2, 0.25) is 0 Å². The van der Waals surface area contributed by atoms with Crippen LogP contribution in [0.25, 0.3) is 0 Å². The molecule has 1 aromatic heterocycles. The van der Waals surface area contributed by atoms with Crippen molar-refractivity contribution in [2.45, 2.75) is 45.2 Å². The van der Waals surface area contributed by atoms with Crippen LogP contribution in [-0.2, 0) is 0 Å². The summed E-state index contributed by atoms with van der Waals surface area (Å²) in [4.78, 5) is 6.56. The molecule has 17 heavy (non-hydrogen) atoms. The summed E-state index contributed by atoms with van der Waals surface area (Å²) in [6.07, 6.45) is 7.15. The monoisotopic (exact) mass is 235 g/mol. The van der Waals surface area contributed by atoms with Crippen molar-refractivity contribution >= 4 is 0 Å². The molecule has 0 saturated carbocycles. The molecule has 0 aliphatic rings. The molecule has 0 spiro atoms. The minimum absolute atomic E-state index is 0.168. The fourth-order valence-electron chi connectivity index (χ4n) is 2.15. The summed E-state index contributed by atoms with van der Waals surface area (Å²) < 4.78 is 0. The van der Waals surface area contributed by atoms with Crippen molar-refractivity contribution in [2.75, 3.05) is 13.6 Å². The Morgan fingerprint density at radius 2 is 2.18 bits per heavy atom. The van der Waals surface area contributed by atoms with Gasteiger partial charge in [0.1, 0.15) is 0 Å². The van der Waals surface area contributed by atoms with Crippen molar-refractivity contribution in [3.05, 3.63) is 30.1 Å². The molecule has 2 atom stereocenters. The first-order valence-electron chi connectivity index (χ1n) is 6.56. The quantitative estimate of drug-likeness (QED) is 0.790. The normalized spacial score (nSPS) is 14.9. The minimum Gasteiger partial charge on any atom is -0.326 e. The lowest BCUT2D eigenvalue weighted by atomic mass is 9.98. The van der Waals surface area contributed by atoms with E-state index in [0.29, 0.717) is 0 Å². The largest absolute Gasteiger partial charge is 0.326 e. The third-order valence-corrected chi connectivity index (χ3v) is 3.24. The van der Waals surface area contributed by atoms with E-state index >= 15 is 0 Å². The zero-order valence-electron chi connectivity index (χ0n) is 11.3. The fraction of sp³-hybridized carbons (Fsp3) is 0.643. The van der Waals surface area contributed by atoms with Crippen LogP contribution in [0, 0.1) is 0 Å². The molecule has 0 aliphatic heterocycles. The van der Waals surface area contributed by atoms with Gasteiger partial charge in [-0.25, -0.2) is 0 Å². The number of likely N-dealkylation sites (N-methyl/N-ethyl adjacent to an activating group) is 1.